The van der Waals surface area contributed by atoms with E-state index < -0.39 is 0 Å². The topological polar surface area (TPSA) is 49.4 Å². The number of piperidine rings is 1. The Morgan fingerprint density at radius 3 is 2.42 bits per heavy atom. The first-order valence-electron chi connectivity index (χ1n) is 14.7. The van der Waals surface area contributed by atoms with Gasteiger partial charge in [0.1, 0.15) is 0 Å². The van der Waals surface area contributed by atoms with Gasteiger partial charge in [0.2, 0.25) is 11.8 Å². The molecule has 1 saturated heterocycles. The summed E-state index contributed by atoms with van der Waals surface area (Å²) >= 11 is 0. The van der Waals surface area contributed by atoms with Gasteiger partial charge >= 0.3 is 0 Å². The fraction of sp³-hybridized carbons (Fsp3) is 0.529. The summed E-state index contributed by atoms with van der Waals surface area (Å²) in [5.74, 6) is 2.33. The number of benzene rings is 2. The predicted octanol–water partition coefficient (Wildman–Crippen LogP) is 6.69. The Labute approximate surface area is 227 Å². The lowest BCUT2D eigenvalue weighted by atomic mass is 9.49. The maximum Gasteiger partial charge on any atom is 0.226 e. The van der Waals surface area contributed by atoms with Gasteiger partial charge in [-0.2, -0.15) is 0 Å². The van der Waals surface area contributed by atoms with Crippen molar-refractivity contribution in [3.05, 3.63) is 83.6 Å². The number of nitrogens with one attached hydrogen (secondary N) is 1. The van der Waals surface area contributed by atoms with E-state index >= 15 is 0 Å². The van der Waals surface area contributed by atoms with Crippen molar-refractivity contribution in [1.29, 1.82) is 0 Å². The Bertz CT molecular complexity index is 1220. The predicted molar refractivity (Wildman–Crippen MR) is 151 cm³/mol. The van der Waals surface area contributed by atoms with Crippen LogP contribution in [0.2, 0.25) is 0 Å². The minimum Gasteiger partial charge on any atom is -0.349 e. The quantitative estimate of drug-likeness (QED) is 0.487. The van der Waals surface area contributed by atoms with E-state index in [0.29, 0.717) is 24.2 Å². The van der Waals surface area contributed by atoms with Gasteiger partial charge in [0.15, 0.2) is 0 Å². The highest BCUT2D eigenvalue weighted by Gasteiger charge is 2.60. The van der Waals surface area contributed by atoms with Crippen LogP contribution in [0.15, 0.2) is 72.4 Å². The monoisotopic (exact) mass is 510 g/mol. The number of likely N-dealkylation sites (tertiary alicyclic amines) is 1. The van der Waals surface area contributed by atoms with Crippen LogP contribution in [0, 0.1) is 34.5 Å². The minimum absolute atomic E-state index is 0.0283. The zero-order valence-corrected chi connectivity index (χ0v) is 23.2. The summed E-state index contributed by atoms with van der Waals surface area (Å²) in [6.07, 6.45) is 10.2. The van der Waals surface area contributed by atoms with Crippen LogP contribution < -0.4 is 5.32 Å². The molecule has 0 bridgehead atoms. The first-order valence-corrected chi connectivity index (χ1v) is 14.7. The lowest BCUT2D eigenvalue weighted by molar-refractivity contribution is -0.138. The molecule has 3 aliphatic carbocycles. The van der Waals surface area contributed by atoms with Crippen LogP contribution in [0.1, 0.15) is 76.0 Å². The molecule has 1 heterocycles. The van der Waals surface area contributed by atoms with Gasteiger partial charge in [0.05, 0.1) is 6.04 Å². The van der Waals surface area contributed by atoms with Crippen LogP contribution in [-0.2, 0) is 16.0 Å². The van der Waals surface area contributed by atoms with Crippen molar-refractivity contribution >= 4 is 11.8 Å². The van der Waals surface area contributed by atoms with Gasteiger partial charge in [-0.3, -0.25) is 9.59 Å². The molecule has 4 nitrogen and oxygen atoms in total. The molecule has 2 saturated carbocycles. The SMILES string of the molecule is CN1C(=O)CC[C@@]2(C)C1=CC[C@@H]1[C@H]2CC[C@]2(C)C(C(=O)N[C@@H](Cc3ccccc3)c3ccccc3)CC[C@@H]12. The highest BCUT2D eigenvalue weighted by molar-refractivity contribution is 5.81. The second-order valence-electron chi connectivity index (χ2n) is 12.9. The summed E-state index contributed by atoms with van der Waals surface area (Å²) < 4.78 is 0. The number of nitrogens with zero attached hydrogens (tertiary/aromatic N) is 1. The summed E-state index contributed by atoms with van der Waals surface area (Å²) in [6.45, 7) is 4.83. The second kappa shape index (κ2) is 9.70. The van der Waals surface area contributed by atoms with E-state index in [1.54, 1.807) is 0 Å². The van der Waals surface area contributed by atoms with E-state index in [4.69, 9.17) is 0 Å². The third-order valence-electron chi connectivity index (χ3n) is 11.1. The van der Waals surface area contributed by atoms with Crippen molar-refractivity contribution in [1.82, 2.24) is 10.2 Å². The van der Waals surface area contributed by atoms with Crippen molar-refractivity contribution in [3.63, 3.8) is 0 Å². The van der Waals surface area contributed by atoms with Crippen LogP contribution in [0.5, 0.6) is 0 Å². The van der Waals surface area contributed by atoms with Gasteiger partial charge in [-0.1, -0.05) is 80.6 Å². The average molecular weight is 511 g/mol. The number of carbonyl (C=O) groups is 2. The molecule has 2 aromatic carbocycles. The Morgan fingerprint density at radius 1 is 0.974 bits per heavy atom. The van der Waals surface area contributed by atoms with E-state index in [1.807, 2.05) is 24.1 Å². The van der Waals surface area contributed by atoms with Crippen LogP contribution in [-0.4, -0.2) is 23.8 Å². The maximum absolute atomic E-state index is 14.0. The van der Waals surface area contributed by atoms with Crippen LogP contribution in [0.25, 0.3) is 0 Å². The number of allylic oxidation sites excluding steroid dienone is 2. The highest BCUT2D eigenvalue weighted by Crippen LogP contribution is 2.66. The van der Waals surface area contributed by atoms with E-state index in [2.05, 4.69) is 73.8 Å². The lowest BCUT2D eigenvalue weighted by Gasteiger charge is -2.58. The molecule has 3 fully saturated rings. The van der Waals surface area contributed by atoms with Crippen molar-refractivity contribution in [2.75, 3.05) is 7.05 Å². The number of fused-ring (bicyclic) bond motifs is 5. The van der Waals surface area contributed by atoms with Crippen LogP contribution >= 0.6 is 0 Å². The van der Waals surface area contributed by atoms with E-state index in [9.17, 15) is 9.59 Å². The number of hydrogen-bond donors (Lipinski definition) is 1. The fourth-order valence-corrected chi connectivity index (χ4v) is 9.07. The summed E-state index contributed by atoms with van der Waals surface area (Å²) in [7, 11) is 1.97. The molecule has 4 heteroatoms. The van der Waals surface area contributed by atoms with Gasteiger partial charge in [0.25, 0.3) is 0 Å². The second-order valence-corrected chi connectivity index (χ2v) is 12.9. The molecule has 2 aromatic rings. The van der Waals surface area contributed by atoms with E-state index in [0.717, 1.165) is 44.9 Å². The van der Waals surface area contributed by atoms with Crippen LogP contribution in [0.3, 0.4) is 0 Å². The largest absolute Gasteiger partial charge is 0.349 e. The Hall–Kier alpha value is -2.88. The molecule has 1 unspecified atom stereocenters. The molecular formula is C34H42N2O2. The van der Waals surface area contributed by atoms with Gasteiger partial charge in [-0.05, 0) is 79.2 Å². The Balaban J connectivity index is 1.23. The summed E-state index contributed by atoms with van der Waals surface area (Å²) in [6, 6.07) is 20.9. The van der Waals surface area contributed by atoms with Crippen molar-refractivity contribution in [3.8, 4) is 0 Å². The number of amides is 2. The third kappa shape index (κ3) is 4.12. The molecule has 1 aliphatic heterocycles. The standard InChI is InChI=1S/C34H42N2O2/c1-33-20-18-27-25(14-17-30-34(27,2)21-19-31(37)36(30)3)26(33)15-16-28(33)32(38)35-29(24-12-8-5-9-13-24)22-23-10-6-4-7-11-23/h4-13,17,25-29H,14-16,18-22H2,1-3H3,(H,35,38)/t25-,26-,27+,28?,29-,33-,34+/m0/s1. The smallest absolute Gasteiger partial charge is 0.226 e. The Morgan fingerprint density at radius 2 is 1.68 bits per heavy atom. The molecule has 38 heavy (non-hydrogen) atoms. The average Bonchev–Trinajstić information content (AvgIpc) is 3.29. The Kier molecular flexibility index (Phi) is 6.48. The van der Waals surface area contributed by atoms with Gasteiger partial charge in [-0.25, -0.2) is 0 Å². The van der Waals surface area contributed by atoms with Gasteiger partial charge < -0.3 is 10.2 Å². The zero-order valence-electron chi connectivity index (χ0n) is 23.2. The molecule has 0 aromatic heterocycles. The molecule has 2 amide bonds. The zero-order chi connectivity index (χ0) is 26.5. The van der Waals surface area contributed by atoms with Gasteiger partial charge in [-0.15, -0.1) is 0 Å². The molecule has 0 radical (unpaired) electrons. The van der Waals surface area contributed by atoms with Crippen molar-refractivity contribution in [2.45, 2.75) is 71.3 Å². The summed E-state index contributed by atoms with van der Waals surface area (Å²) in [5, 5.41) is 3.52. The fourth-order valence-electron chi connectivity index (χ4n) is 9.07. The lowest BCUT2D eigenvalue weighted by Crippen LogP contribution is -2.54. The molecule has 0 spiro atoms. The van der Waals surface area contributed by atoms with Crippen molar-refractivity contribution < 1.29 is 9.59 Å². The molecule has 7 atom stereocenters. The summed E-state index contributed by atoms with van der Waals surface area (Å²) in [4.78, 5) is 28.4. The van der Waals surface area contributed by atoms with Crippen LogP contribution in [0.4, 0.5) is 0 Å². The highest BCUT2D eigenvalue weighted by atomic mass is 16.2. The van der Waals surface area contributed by atoms with Gasteiger partial charge in [0, 0.05) is 30.5 Å². The number of carbonyl (C=O) groups excluding carboxylic acids is 2. The first kappa shape index (κ1) is 25.4. The summed E-state index contributed by atoms with van der Waals surface area (Å²) in [5.41, 5.74) is 3.80. The molecule has 4 aliphatic rings. The molecule has 200 valence electrons. The van der Waals surface area contributed by atoms with E-state index in [1.165, 1.54) is 16.8 Å². The molecular weight excluding hydrogens is 468 g/mol. The first-order chi connectivity index (χ1) is 18.3. The number of hydrogen-bond acceptors (Lipinski definition) is 2. The molecule has 6 rings (SSSR count). The maximum atomic E-state index is 14.0. The van der Waals surface area contributed by atoms with E-state index in [-0.39, 0.29) is 34.6 Å². The number of rotatable bonds is 5. The normalized spacial score (nSPS) is 35.0. The third-order valence-corrected chi connectivity index (χ3v) is 11.1. The van der Waals surface area contributed by atoms with Crippen molar-refractivity contribution in [2.24, 2.45) is 34.5 Å². The molecule has 1 N–H and O–H groups in total. The minimum atomic E-state index is -0.0283.